The van der Waals surface area contributed by atoms with Gasteiger partial charge in [-0.05, 0) is 48.3 Å². The smallest absolute Gasteiger partial charge is 0.247 e. The van der Waals surface area contributed by atoms with Gasteiger partial charge >= 0.3 is 0 Å². The van der Waals surface area contributed by atoms with Crippen LogP contribution in [0.25, 0.3) is 0 Å². The van der Waals surface area contributed by atoms with Gasteiger partial charge in [0.15, 0.2) is 29.4 Å². The van der Waals surface area contributed by atoms with Crippen LogP contribution in [0.15, 0.2) is 65.3 Å². The van der Waals surface area contributed by atoms with E-state index in [2.05, 4.69) is 16.9 Å². The molecule has 38 heavy (non-hydrogen) atoms. The van der Waals surface area contributed by atoms with Gasteiger partial charge in [0.1, 0.15) is 5.69 Å². The molecule has 0 saturated heterocycles. The van der Waals surface area contributed by atoms with Crippen molar-refractivity contribution in [2.45, 2.75) is 12.8 Å². The number of rotatable bonds is 7. The van der Waals surface area contributed by atoms with Crippen molar-refractivity contribution < 1.29 is 32.6 Å². The lowest BCUT2D eigenvalue weighted by Gasteiger charge is -2.35. The van der Waals surface area contributed by atoms with Crippen molar-refractivity contribution >= 4 is 35.2 Å². The molecule has 0 radical (unpaired) electrons. The van der Waals surface area contributed by atoms with Crippen LogP contribution in [0.1, 0.15) is 28.8 Å². The van der Waals surface area contributed by atoms with Crippen molar-refractivity contribution in [1.29, 1.82) is 0 Å². The van der Waals surface area contributed by atoms with E-state index in [1.165, 1.54) is 20.4 Å². The van der Waals surface area contributed by atoms with Crippen LogP contribution in [-0.2, 0) is 9.59 Å². The number of dihydropyridines is 1. The predicted molar refractivity (Wildman–Crippen MR) is 137 cm³/mol. The van der Waals surface area contributed by atoms with Crippen LogP contribution in [-0.4, -0.2) is 44.6 Å². The van der Waals surface area contributed by atoms with E-state index in [4.69, 9.17) is 9.47 Å². The average Bonchev–Trinajstić information content (AvgIpc) is 3.73. The first-order valence-electron chi connectivity index (χ1n) is 11.7. The number of aliphatic imine (C=N–C) groups is 1. The number of anilines is 2. The maximum absolute atomic E-state index is 15.3. The minimum atomic E-state index is -1.01. The highest BCUT2D eigenvalue weighted by molar-refractivity contribution is 6.15. The number of ether oxygens (including phenoxy) is 2. The van der Waals surface area contributed by atoms with Crippen molar-refractivity contribution in [2.75, 3.05) is 31.0 Å². The second-order valence-corrected chi connectivity index (χ2v) is 9.04. The zero-order valence-corrected chi connectivity index (χ0v) is 20.6. The Bertz CT molecular complexity index is 1480. The molecular weight excluding hydrogens is 496 g/mol. The van der Waals surface area contributed by atoms with Crippen LogP contribution in [0.5, 0.6) is 11.5 Å². The molecule has 0 unspecified atom stereocenters. The van der Waals surface area contributed by atoms with Crippen molar-refractivity contribution in [2.24, 2.45) is 10.4 Å². The van der Waals surface area contributed by atoms with Gasteiger partial charge in [-0.1, -0.05) is 12.6 Å². The number of carbonyl (C=O) groups is 3. The average molecular weight is 520 g/mol. The molecule has 2 aromatic rings. The van der Waals surface area contributed by atoms with Crippen LogP contribution in [0.4, 0.5) is 20.2 Å². The number of halogens is 2. The molecule has 0 aromatic heterocycles. The zero-order valence-electron chi connectivity index (χ0n) is 20.6. The Morgan fingerprint density at radius 2 is 1.84 bits per heavy atom. The lowest BCUT2D eigenvalue weighted by atomic mass is 9.82. The molecule has 0 atom stereocenters. The number of carbonyl (C=O) groups excluding carboxylic acids is 3. The molecule has 1 saturated carbocycles. The lowest BCUT2D eigenvalue weighted by molar-refractivity contribution is -0.122. The van der Waals surface area contributed by atoms with E-state index in [-0.39, 0.29) is 23.6 Å². The number of nitrogens with zero attached hydrogens (tertiary/aromatic N) is 2. The number of benzene rings is 2. The molecule has 1 aliphatic carbocycles. The summed E-state index contributed by atoms with van der Waals surface area (Å²) in [6.45, 7) is 3.57. The summed E-state index contributed by atoms with van der Waals surface area (Å²) < 4.78 is 40.6. The standard InChI is InChI=1S/C28H23F2N3O5/c1-4-23(35)32-20-9-15(5-6-16(20)14-34)19-10-18-17(12-31-19)13-33(27(36)28(18)7-8-28)26-24(29)21(37-2)11-22(38-3)25(26)30/h4-6,9-11,13-14H,1,7-8,12H2,2-3H3,(H,32,35). The minimum Gasteiger partial charge on any atom is -0.493 e. The highest BCUT2D eigenvalue weighted by Crippen LogP contribution is 2.59. The Labute approximate surface area is 216 Å². The van der Waals surface area contributed by atoms with Crippen LogP contribution in [0, 0.1) is 17.0 Å². The van der Waals surface area contributed by atoms with E-state index in [9.17, 15) is 14.4 Å². The SMILES string of the molecule is C=CC(=O)Nc1cc(C2=NCC3=CN(c4c(F)c(OC)cc(OC)c4F)C(=O)C4(CC4)C3=C2)ccc1C=O. The molecule has 2 aromatic carbocycles. The van der Waals surface area contributed by atoms with Gasteiger partial charge < -0.3 is 14.8 Å². The molecule has 2 heterocycles. The largest absolute Gasteiger partial charge is 0.493 e. The summed E-state index contributed by atoms with van der Waals surface area (Å²) in [6.07, 6.45) is 5.93. The fraction of sp³-hybridized carbons (Fsp3) is 0.214. The number of hydrogen-bond acceptors (Lipinski definition) is 6. The van der Waals surface area contributed by atoms with Crippen LogP contribution < -0.4 is 19.7 Å². The molecule has 8 nitrogen and oxygen atoms in total. The van der Waals surface area contributed by atoms with Gasteiger partial charge in [-0.15, -0.1) is 0 Å². The first-order valence-corrected chi connectivity index (χ1v) is 11.7. The van der Waals surface area contributed by atoms with E-state index in [1.54, 1.807) is 24.3 Å². The summed E-state index contributed by atoms with van der Waals surface area (Å²) in [5.74, 6) is -3.46. The van der Waals surface area contributed by atoms with Crippen LogP contribution in [0.3, 0.4) is 0 Å². The summed E-state index contributed by atoms with van der Waals surface area (Å²) in [7, 11) is 2.49. The van der Waals surface area contributed by atoms with E-state index >= 15 is 8.78 Å². The fourth-order valence-corrected chi connectivity index (χ4v) is 4.79. The fourth-order valence-electron chi connectivity index (χ4n) is 4.79. The number of aldehydes is 1. The van der Waals surface area contributed by atoms with Gasteiger partial charge in [-0.2, -0.15) is 0 Å². The molecule has 2 amide bonds. The van der Waals surface area contributed by atoms with Gasteiger partial charge in [0.25, 0.3) is 0 Å². The topological polar surface area (TPSA) is 97.3 Å². The summed E-state index contributed by atoms with van der Waals surface area (Å²) >= 11 is 0. The minimum absolute atomic E-state index is 0.154. The maximum Gasteiger partial charge on any atom is 0.247 e. The summed E-state index contributed by atoms with van der Waals surface area (Å²) in [4.78, 5) is 42.6. The Morgan fingerprint density at radius 1 is 1.16 bits per heavy atom. The lowest BCUT2D eigenvalue weighted by Crippen LogP contribution is -2.41. The van der Waals surface area contributed by atoms with E-state index in [1.807, 2.05) is 0 Å². The number of methoxy groups -OCH3 is 2. The number of allylic oxidation sites excluding steroid dienone is 1. The summed E-state index contributed by atoms with van der Waals surface area (Å²) in [5, 5.41) is 2.61. The van der Waals surface area contributed by atoms with Gasteiger partial charge in [0.05, 0.1) is 37.6 Å². The Kier molecular flexibility index (Phi) is 6.18. The number of nitrogens with one attached hydrogen (secondary N) is 1. The van der Waals surface area contributed by atoms with Crippen molar-refractivity contribution in [3.05, 3.63) is 83.1 Å². The predicted octanol–water partition coefficient (Wildman–Crippen LogP) is 4.36. The van der Waals surface area contributed by atoms with Crippen LogP contribution >= 0.6 is 0 Å². The third-order valence-electron chi connectivity index (χ3n) is 6.94. The molecule has 5 rings (SSSR count). The molecule has 3 aliphatic rings. The van der Waals surface area contributed by atoms with E-state index in [0.29, 0.717) is 41.7 Å². The van der Waals surface area contributed by atoms with Crippen molar-refractivity contribution in [3.8, 4) is 11.5 Å². The molecular formula is C28H23F2N3O5. The molecule has 1 N–H and O–H groups in total. The number of hydrogen-bond donors (Lipinski definition) is 1. The Balaban J connectivity index is 1.57. The third kappa shape index (κ3) is 3.89. The normalized spacial score (nSPS) is 17.1. The first-order chi connectivity index (χ1) is 18.3. The molecule has 10 heteroatoms. The monoisotopic (exact) mass is 519 g/mol. The van der Waals surface area contributed by atoms with E-state index < -0.39 is 34.6 Å². The summed E-state index contributed by atoms with van der Waals surface area (Å²) in [5.41, 5.74) is 1.64. The molecule has 2 aliphatic heterocycles. The second-order valence-electron chi connectivity index (χ2n) is 9.04. The molecule has 194 valence electrons. The van der Waals surface area contributed by atoms with Crippen molar-refractivity contribution in [3.63, 3.8) is 0 Å². The highest BCUT2D eigenvalue weighted by Gasteiger charge is 2.58. The molecule has 1 spiro atoms. The van der Waals surface area contributed by atoms with Gasteiger partial charge in [0.2, 0.25) is 11.8 Å². The number of amides is 2. The Hall–Kier alpha value is -4.60. The van der Waals surface area contributed by atoms with Gasteiger partial charge in [-0.25, -0.2) is 8.78 Å². The Morgan fingerprint density at radius 3 is 2.42 bits per heavy atom. The first kappa shape index (κ1) is 25.1. The van der Waals surface area contributed by atoms with E-state index in [0.717, 1.165) is 22.6 Å². The number of fused-ring (bicyclic) bond motifs is 2. The van der Waals surface area contributed by atoms with Crippen molar-refractivity contribution in [1.82, 2.24) is 0 Å². The van der Waals surface area contributed by atoms with Gasteiger partial charge in [-0.3, -0.25) is 24.3 Å². The summed E-state index contributed by atoms with van der Waals surface area (Å²) in [6, 6.07) is 5.98. The molecule has 0 bridgehead atoms. The maximum atomic E-state index is 15.3. The van der Waals surface area contributed by atoms with Gasteiger partial charge in [0, 0.05) is 23.4 Å². The highest BCUT2D eigenvalue weighted by atomic mass is 19.1. The van der Waals surface area contributed by atoms with Crippen LogP contribution in [0.2, 0.25) is 0 Å². The zero-order chi connectivity index (χ0) is 27.2. The third-order valence-corrected chi connectivity index (χ3v) is 6.94. The molecule has 1 fully saturated rings. The quantitative estimate of drug-likeness (QED) is 0.433. The second kappa shape index (κ2) is 9.37.